The van der Waals surface area contributed by atoms with Crippen molar-refractivity contribution in [3.05, 3.63) is 60.2 Å². The Morgan fingerprint density at radius 2 is 2.09 bits per heavy atom. The summed E-state index contributed by atoms with van der Waals surface area (Å²) < 4.78 is 15.5. The molecule has 3 rings (SSSR count). The fourth-order valence-electron chi connectivity index (χ4n) is 1.95. The Morgan fingerprint density at radius 3 is 2.87 bits per heavy atom. The lowest BCUT2D eigenvalue weighted by Gasteiger charge is -2.03. The molecule has 0 atom stereocenters. The summed E-state index contributed by atoms with van der Waals surface area (Å²) in [6.07, 6.45) is 3.00. The monoisotopic (exact) mass is 311 g/mol. The van der Waals surface area contributed by atoms with Crippen molar-refractivity contribution in [3.63, 3.8) is 0 Å². The van der Waals surface area contributed by atoms with Gasteiger partial charge in [0.15, 0.2) is 6.61 Å². The molecule has 7 nitrogen and oxygen atoms in total. The van der Waals surface area contributed by atoms with Gasteiger partial charge in [-0.05, 0) is 24.3 Å². The lowest BCUT2D eigenvalue weighted by atomic mass is 10.2. The lowest BCUT2D eigenvalue weighted by Crippen LogP contribution is -2.05. The second-order valence-electron chi connectivity index (χ2n) is 4.53. The molecular weight excluding hydrogens is 298 g/mol. The van der Waals surface area contributed by atoms with E-state index >= 15 is 0 Å². The predicted octanol–water partition coefficient (Wildman–Crippen LogP) is 2.50. The number of hydrogen-bond acceptors (Lipinski definition) is 7. The highest BCUT2D eigenvalue weighted by Crippen LogP contribution is 2.27. The number of benzene rings is 1. The predicted molar refractivity (Wildman–Crippen MR) is 79.6 cm³/mol. The number of para-hydroxylation sites is 1. The number of carbonyl (C=O) groups is 1. The van der Waals surface area contributed by atoms with Gasteiger partial charge in [-0.1, -0.05) is 17.3 Å². The molecule has 0 aliphatic rings. The van der Waals surface area contributed by atoms with Crippen molar-refractivity contribution in [2.24, 2.45) is 0 Å². The largest absolute Gasteiger partial charge is 0.496 e. The maximum absolute atomic E-state index is 11.8. The summed E-state index contributed by atoms with van der Waals surface area (Å²) in [7, 11) is 1.56. The van der Waals surface area contributed by atoms with E-state index in [1.54, 1.807) is 31.5 Å². The molecule has 0 aliphatic carbocycles. The zero-order chi connectivity index (χ0) is 16.1. The van der Waals surface area contributed by atoms with Gasteiger partial charge >= 0.3 is 5.97 Å². The van der Waals surface area contributed by atoms with Crippen LogP contribution in [0.5, 0.6) is 5.75 Å². The zero-order valence-corrected chi connectivity index (χ0v) is 12.3. The van der Waals surface area contributed by atoms with E-state index in [1.165, 1.54) is 6.20 Å². The van der Waals surface area contributed by atoms with Gasteiger partial charge in [-0.3, -0.25) is 4.98 Å². The molecule has 0 amide bonds. The maximum Gasteiger partial charge on any atom is 0.340 e. The molecule has 0 saturated carbocycles. The first-order chi connectivity index (χ1) is 11.3. The molecular formula is C16H13N3O4. The summed E-state index contributed by atoms with van der Waals surface area (Å²) in [6.45, 7) is -0.115. The van der Waals surface area contributed by atoms with Crippen molar-refractivity contribution in [1.82, 2.24) is 15.1 Å². The van der Waals surface area contributed by atoms with Crippen LogP contribution < -0.4 is 4.74 Å². The van der Waals surface area contributed by atoms with Crippen LogP contribution in [0.2, 0.25) is 0 Å². The topological polar surface area (TPSA) is 87.3 Å². The Kier molecular flexibility index (Phi) is 4.28. The first-order valence-corrected chi connectivity index (χ1v) is 6.81. The van der Waals surface area contributed by atoms with Gasteiger partial charge in [0.25, 0.3) is 5.89 Å². The Bertz CT molecular complexity index is 802. The molecule has 23 heavy (non-hydrogen) atoms. The van der Waals surface area contributed by atoms with Crippen LogP contribution in [0, 0.1) is 0 Å². The SMILES string of the molecule is COc1ccccc1-c1noc(COC(=O)c2cccnc2)n1. The fourth-order valence-corrected chi connectivity index (χ4v) is 1.95. The number of rotatable bonds is 5. The average molecular weight is 311 g/mol. The summed E-state index contributed by atoms with van der Waals surface area (Å²) in [5.74, 6) is 0.695. The lowest BCUT2D eigenvalue weighted by molar-refractivity contribution is 0.0429. The summed E-state index contributed by atoms with van der Waals surface area (Å²) in [6, 6.07) is 10.6. The van der Waals surface area contributed by atoms with Gasteiger partial charge in [-0.2, -0.15) is 4.98 Å². The molecule has 0 radical (unpaired) electrons. The van der Waals surface area contributed by atoms with E-state index in [-0.39, 0.29) is 12.5 Å². The second kappa shape index (κ2) is 6.69. The van der Waals surface area contributed by atoms with Crippen molar-refractivity contribution in [2.75, 3.05) is 7.11 Å². The van der Waals surface area contributed by atoms with E-state index in [1.807, 2.05) is 18.2 Å². The van der Waals surface area contributed by atoms with Crippen molar-refractivity contribution in [3.8, 4) is 17.1 Å². The Balaban J connectivity index is 1.69. The highest BCUT2D eigenvalue weighted by molar-refractivity contribution is 5.88. The number of nitrogens with zero attached hydrogens (tertiary/aromatic N) is 3. The van der Waals surface area contributed by atoms with Crippen LogP contribution in [-0.2, 0) is 11.3 Å². The van der Waals surface area contributed by atoms with Gasteiger partial charge < -0.3 is 14.0 Å². The summed E-state index contributed by atoms with van der Waals surface area (Å²) in [4.78, 5) is 19.9. The molecule has 0 saturated heterocycles. The number of hydrogen-bond donors (Lipinski definition) is 0. The maximum atomic E-state index is 11.8. The molecule has 116 valence electrons. The molecule has 1 aromatic carbocycles. The van der Waals surface area contributed by atoms with E-state index in [9.17, 15) is 4.79 Å². The minimum Gasteiger partial charge on any atom is -0.496 e. The van der Waals surface area contributed by atoms with Crippen LogP contribution in [0.1, 0.15) is 16.2 Å². The van der Waals surface area contributed by atoms with Crippen molar-refractivity contribution < 1.29 is 18.8 Å². The molecule has 0 bridgehead atoms. The smallest absolute Gasteiger partial charge is 0.340 e. The van der Waals surface area contributed by atoms with E-state index in [2.05, 4.69) is 15.1 Å². The highest BCUT2D eigenvalue weighted by atomic mass is 16.6. The normalized spacial score (nSPS) is 10.3. The minimum absolute atomic E-state index is 0.115. The molecule has 3 aromatic rings. The number of pyridine rings is 1. The molecule has 0 N–H and O–H groups in total. The van der Waals surface area contributed by atoms with E-state index in [0.717, 1.165) is 0 Å². The number of methoxy groups -OCH3 is 1. The molecule has 0 aliphatic heterocycles. The molecule has 0 unspecified atom stereocenters. The first kappa shape index (κ1) is 14.7. The van der Waals surface area contributed by atoms with Crippen LogP contribution in [0.25, 0.3) is 11.4 Å². The molecule has 0 fully saturated rings. The number of ether oxygens (including phenoxy) is 2. The Morgan fingerprint density at radius 1 is 1.22 bits per heavy atom. The first-order valence-electron chi connectivity index (χ1n) is 6.81. The highest BCUT2D eigenvalue weighted by Gasteiger charge is 2.14. The third-order valence-corrected chi connectivity index (χ3v) is 3.04. The van der Waals surface area contributed by atoms with Gasteiger partial charge in [0.05, 0.1) is 18.2 Å². The molecule has 0 spiro atoms. The molecule has 7 heteroatoms. The molecule has 2 aromatic heterocycles. The van der Waals surface area contributed by atoms with Crippen molar-refractivity contribution in [2.45, 2.75) is 6.61 Å². The number of esters is 1. The van der Waals surface area contributed by atoms with E-state index in [0.29, 0.717) is 22.7 Å². The summed E-state index contributed by atoms with van der Waals surface area (Å²) in [5.41, 5.74) is 1.06. The quantitative estimate of drug-likeness (QED) is 0.669. The van der Waals surface area contributed by atoms with Gasteiger partial charge in [-0.15, -0.1) is 0 Å². The van der Waals surface area contributed by atoms with E-state index < -0.39 is 5.97 Å². The summed E-state index contributed by atoms with van der Waals surface area (Å²) >= 11 is 0. The van der Waals surface area contributed by atoms with Crippen LogP contribution in [0.3, 0.4) is 0 Å². The van der Waals surface area contributed by atoms with Gasteiger partial charge in [0.1, 0.15) is 5.75 Å². The number of carbonyl (C=O) groups excluding carboxylic acids is 1. The average Bonchev–Trinajstić information content (AvgIpc) is 3.09. The standard InChI is InChI=1S/C16H13N3O4/c1-21-13-7-3-2-6-12(13)15-18-14(23-19-15)10-22-16(20)11-5-4-8-17-9-11/h2-9H,10H2,1H3. The van der Waals surface area contributed by atoms with Crippen LogP contribution in [0.4, 0.5) is 0 Å². The number of aromatic nitrogens is 3. The second-order valence-corrected chi connectivity index (χ2v) is 4.53. The Labute approximate surface area is 131 Å². The van der Waals surface area contributed by atoms with Crippen molar-refractivity contribution >= 4 is 5.97 Å². The van der Waals surface area contributed by atoms with Crippen LogP contribution in [-0.4, -0.2) is 28.2 Å². The zero-order valence-electron chi connectivity index (χ0n) is 12.3. The molecule has 2 heterocycles. The van der Waals surface area contributed by atoms with Gasteiger partial charge in [0, 0.05) is 12.4 Å². The van der Waals surface area contributed by atoms with Crippen LogP contribution in [0.15, 0.2) is 53.3 Å². The van der Waals surface area contributed by atoms with E-state index in [4.69, 9.17) is 14.0 Å². The summed E-state index contributed by atoms with van der Waals surface area (Å²) in [5, 5.41) is 3.88. The van der Waals surface area contributed by atoms with Gasteiger partial charge in [-0.25, -0.2) is 4.79 Å². The third-order valence-electron chi connectivity index (χ3n) is 3.04. The van der Waals surface area contributed by atoms with Crippen molar-refractivity contribution in [1.29, 1.82) is 0 Å². The van der Waals surface area contributed by atoms with Crippen LogP contribution >= 0.6 is 0 Å². The van der Waals surface area contributed by atoms with Gasteiger partial charge in [0.2, 0.25) is 5.82 Å². The minimum atomic E-state index is -0.504. The fraction of sp³-hybridized carbons (Fsp3) is 0.125. The third kappa shape index (κ3) is 3.34. The Hall–Kier alpha value is -3.22.